The van der Waals surface area contributed by atoms with Crippen LogP contribution in [0.4, 0.5) is 0 Å². The summed E-state index contributed by atoms with van der Waals surface area (Å²) < 4.78 is 10.4. The minimum Gasteiger partial charge on any atom is -0.506 e. The average molecular weight is 331 g/mol. The maximum atomic E-state index is 12.2. The number of ether oxygens (including phenoxy) is 1. The van der Waals surface area contributed by atoms with Gasteiger partial charge < -0.3 is 14.3 Å². The van der Waals surface area contributed by atoms with Crippen LogP contribution in [0, 0.1) is 0 Å². The van der Waals surface area contributed by atoms with Crippen LogP contribution in [0.2, 0.25) is 5.02 Å². The molecular weight excluding hydrogens is 320 g/mol. The average Bonchev–Trinajstić information content (AvgIpc) is 2.54. The lowest BCUT2D eigenvalue weighted by molar-refractivity contribution is 0.0915. The summed E-state index contributed by atoms with van der Waals surface area (Å²) in [4.78, 5) is 24.1. The number of aromatic hydroxyl groups is 1. The van der Waals surface area contributed by atoms with Crippen molar-refractivity contribution in [1.29, 1.82) is 0 Å². The van der Waals surface area contributed by atoms with Gasteiger partial charge in [-0.05, 0) is 36.4 Å². The summed E-state index contributed by atoms with van der Waals surface area (Å²) in [6.07, 6.45) is 0. The highest BCUT2D eigenvalue weighted by molar-refractivity contribution is 6.30. The van der Waals surface area contributed by atoms with Crippen LogP contribution in [0.3, 0.4) is 0 Å². The molecule has 0 fully saturated rings. The van der Waals surface area contributed by atoms with Crippen LogP contribution in [-0.4, -0.2) is 17.5 Å². The number of para-hydroxylation sites is 1. The molecule has 1 N–H and O–H groups in total. The Morgan fingerprint density at radius 3 is 2.57 bits per heavy atom. The van der Waals surface area contributed by atoms with E-state index in [-0.39, 0.29) is 5.58 Å². The number of hydrogen-bond acceptors (Lipinski definition) is 5. The van der Waals surface area contributed by atoms with Crippen LogP contribution >= 0.6 is 11.6 Å². The predicted octanol–water partition coefficient (Wildman–Crippen LogP) is 3.41. The third-order valence-corrected chi connectivity index (χ3v) is 3.50. The van der Waals surface area contributed by atoms with Crippen LogP contribution < -0.4 is 10.4 Å². The molecule has 0 aliphatic carbocycles. The van der Waals surface area contributed by atoms with Crippen LogP contribution in [0.15, 0.2) is 57.7 Å². The molecule has 0 spiro atoms. The highest BCUT2D eigenvalue weighted by Crippen LogP contribution is 2.26. The summed E-state index contributed by atoms with van der Waals surface area (Å²) in [7, 11) is 0. The van der Waals surface area contributed by atoms with Crippen molar-refractivity contribution >= 4 is 28.4 Å². The molecule has 0 atom stereocenters. The lowest BCUT2D eigenvalue weighted by Gasteiger charge is -2.07. The molecule has 2 aromatic carbocycles. The summed E-state index contributed by atoms with van der Waals surface area (Å²) in [5.41, 5.74) is -1.10. The van der Waals surface area contributed by atoms with Crippen LogP contribution in [0.25, 0.3) is 11.0 Å². The monoisotopic (exact) mass is 330 g/mol. The van der Waals surface area contributed by atoms with Gasteiger partial charge in [-0.1, -0.05) is 23.7 Å². The fourth-order valence-corrected chi connectivity index (χ4v) is 2.26. The van der Waals surface area contributed by atoms with Crippen molar-refractivity contribution in [3.8, 4) is 11.5 Å². The number of Topliss-reactive ketones (excluding diaryl/α,β-unsaturated/α-hetero) is 1. The SMILES string of the molecule is O=C(COc1ccc(Cl)cc1)c1c(O)c2ccccc2oc1=O. The van der Waals surface area contributed by atoms with E-state index in [1.54, 1.807) is 42.5 Å². The van der Waals surface area contributed by atoms with Gasteiger partial charge in [-0.15, -0.1) is 0 Å². The maximum absolute atomic E-state index is 12.2. The Labute approximate surface area is 135 Å². The van der Waals surface area contributed by atoms with Crippen LogP contribution in [0.1, 0.15) is 10.4 Å². The number of hydrogen-bond donors (Lipinski definition) is 1. The molecule has 116 valence electrons. The van der Waals surface area contributed by atoms with Crippen LogP contribution in [0.5, 0.6) is 11.5 Å². The Balaban J connectivity index is 1.89. The largest absolute Gasteiger partial charge is 0.506 e. The van der Waals surface area contributed by atoms with Crippen molar-refractivity contribution in [2.45, 2.75) is 0 Å². The number of halogens is 1. The molecule has 0 saturated heterocycles. The first-order valence-electron chi connectivity index (χ1n) is 6.72. The Bertz CT molecular complexity index is 928. The lowest BCUT2D eigenvalue weighted by Crippen LogP contribution is -2.20. The molecule has 6 heteroatoms. The molecule has 3 aromatic rings. The third kappa shape index (κ3) is 3.05. The molecule has 1 heterocycles. The number of rotatable bonds is 4. The van der Waals surface area contributed by atoms with Gasteiger partial charge in [0.2, 0.25) is 5.78 Å². The molecule has 3 rings (SSSR count). The van der Waals surface area contributed by atoms with Crippen molar-refractivity contribution in [3.05, 3.63) is 69.5 Å². The first-order chi connectivity index (χ1) is 11.1. The molecule has 0 unspecified atom stereocenters. The van der Waals surface area contributed by atoms with E-state index >= 15 is 0 Å². The number of benzene rings is 2. The van der Waals surface area contributed by atoms with Gasteiger partial charge >= 0.3 is 5.63 Å². The number of fused-ring (bicyclic) bond motifs is 1. The summed E-state index contributed by atoms with van der Waals surface area (Å²) >= 11 is 5.76. The van der Waals surface area contributed by atoms with E-state index in [9.17, 15) is 14.7 Å². The van der Waals surface area contributed by atoms with Crippen molar-refractivity contribution < 1.29 is 19.1 Å². The Morgan fingerprint density at radius 1 is 1.13 bits per heavy atom. The molecule has 5 nitrogen and oxygen atoms in total. The van der Waals surface area contributed by atoms with Crippen molar-refractivity contribution in [3.63, 3.8) is 0 Å². The van der Waals surface area contributed by atoms with E-state index < -0.39 is 29.3 Å². The lowest BCUT2D eigenvalue weighted by atomic mass is 10.1. The summed E-state index contributed by atoms with van der Waals surface area (Å²) in [6.45, 7) is -0.404. The van der Waals surface area contributed by atoms with Gasteiger partial charge in [0, 0.05) is 5.02 Å². The Kier molecular flexibility index (Phi) is 4.04. The second-order valence-corrected chi connectivity index (χ2v) is 5.21. The quantitative estimate of drug-likeness (QED) is 0.586. The summed E-state index contributed by atoms with van der Waals surface area (Å²) in [5.74, 6) is -0.647. The normalized spacial score (nSPS) is 10.7. The second-order valence-electron chi connectivity index (χ2n) is 4.78. The molecule has 0 radical (unpaired) electrons. The minimum atomic E-state index is -0.897. The zero-order chi connectivity index (χ0) is 16.4. The van der Waals surface area contributed by atoms with E-state index in [4.69, 9.17) is 20.8 Å². The summed E-state index contributed by atoms with van der Waals surface area (Å²) in [5, 5.41) is 11.0. The van der Waals surface area contributed by atoms with E-state index in [0.717, 1.165) is 0 Å². The second kappa shape index (κ2) is 6.14. The van der Waals surface area contributed by atoms with E-state index in [1.807, 2.05) is 0 Å². The molecule has 0 amide bonds. The molecule has 0 bridgehead atoms. The first kappa shape index (κ1) is 15.1. The van der Waals surface area contributed by atoms with Crippen molar-refractivity contribution in [2.24, 2.45) is 0 Å². The predicted molar refractivity (Wildman–Crippen MR) is 85.4 cm³/mol. The van der Waals surface area contributed by atoms with Gasteiger partial charge in [0.25, 0.3) is 0 Å². The third-order valence-electron chi connectivity index (χ3n) is 3.25. The van der Waals surface area contributed by atoms with Crippen LogP contribution in [-0.2, 0) is 0 Å². The summed E-state index contributed by atoms with van der Waals surface area (Å²) in [6, 6.07) is 12.8. The highest BCUT2D eigenvalue weighted by atomic mass is 35.5. The molecular formula is C17H11ClO5. The number of ketones is 1. The highest BCUT2D eigenvalue weighted by Gasteiger charge is 2.21. The smallest absolute Gasteiger partial charge is 0.351 e. The standard InChI is InChI=1S/C17H11ClO5/c18-10-5-7-11(8-6-10)22-9-13(19)15-16(20)12-3-1-2-4-14(12)23-17(15)21/h1-8,20H,9H2. The molecule has 0 aliphatic heterocycles. The minimum absolute atomic E-state index is 0.213. The Hall–Kier alpha value is -2.79. The zero-order valence-electron chi connectivity index (χ0n) is 11.8. The fourth-order valence-electron chi connectivity index (χ4n) is 2.13. The fraction of sp³-hybridized carbons (Fsp3) is 0.0588. The van der Waals surface area contributed by atoms with E-state index in [2.05, 4.69) is 0 Å². The zero-order valence-corrected chi connectivity index (χ0v) is 12.5. The van der Waals surface area contributed by atoms with Gasteiger partial charge in [0.1, 0.15) is 22.6 Å². The number of carbonyl (C=O) groups excluding carboxylic acids is 1. The Morgan fingerprint density at radius 2 is 1.83 bits per heavy atom. The van der Waals surface area contributed by atoms with Gasteiger partial charge in [-0.2, -0.15) is 0 Å². The molecule has 1 aromatic heterocycles. The molecule has 0 aliphatic rings. The van der Waals surface area contributed by atoms with Gasteiger partial charge in [-0.25, -0.2) is 4.79 Å². The van der Waals surface area contributed by atoms with E-state index in [1.165, 1.54) is 6.07 Å². The molecule has 0 saturated carbocycles. The molecule has 23 heavy (non-hydrogen) atoms. The van der Waals surface area contributed by atoms with Gasteiger partial charge in [0.15, 0.2) is 6.61 Å². The maximum Gasteiger partial charge on any atom is 0.351 e. The van der Waals surface area contributed by atoms with Gasteiger partial charge in [-0.3, -0.25) is 4.79 Å². The van der Waals surface area contributed by atoms with Gasteiger partial charge in [0.05, 0.1) is 5.39 Å². The number of carbonyl (C=O) groups is 1. The van der Waals surface area contributed by atoms with E-state index in [0.29, 0.717) is 16.2 Å². The van der Waals surface area contributed by atoms with Crippen molar-refractivity contribution in [2.75, 3.05) is 6.61 Å². The first-order valence-corrected chi connectivity index (χ1v) is 7.10. The van der Waals surface area contributed by atoms with Crippen molar-refractivity contribution in [1.82, 2.24) is 0 Å². The topological polar surface area (TPSA) is 76.7 Å².